The topological polar surface area (TPSA) is 84.0 Å². The van der Waals surface area contributed by atoms with Crippen molar-refractivity contribution < 1.29 is 14.3 Å². The monoisotopic (exact) mass is 518 g/mol. The van der Waals surface area contributed by atoms with Crippen molar-refractivity contribution in [2.75, 3.05) is 46.6 Å². The van der Waals surface area contributed by atoms with E-state index in [0.29, 0.717) is 24.6 Å². The number of rotatable bonds is 10. The summed E-state index contributed by atoms with van der Waals surface area (Å²) in [5, 5.41) is 9.39. The average molecular weight is 518 g/mol. The highest BCUT2D eigenvalue weighted by Gasteiger charge is 2.13. The van der Waals surface area contributed by atoms with Crippen molar-refractivity contribution in [3.63, 3.8) is 0 Å². The number of amides is 1. The third kappa shape index (κ3) is 10.3. The quantitative estimate of drug-likeness (QED) is 0.192. The highest BCUT2D eigenvalue weighted by molar-refractivity contribution is 14.0. The molecule has 7 nitrogen and oxygen atoms in total. The van der Waals surface area contributed by atoms with Gasteiger partial charge in [-0.1, -0.05) is 12.1 Å². The van der Waals surface area contributed by atoms with Gasteiger partial charge in [-0.25, -0.2) is 0 Å². The molecule has 1 fully saturated rings. The number of carbonyl (C=O) groups excluding carboxylic acids is 1. The summed E-state index contributed by atoms with van der Waals surface area (Å²) in [5.74, 6) is 1.34. The van der Waals surface area contributed by atoms with E-state index >= 15 is 0 Å². The van der Waals surface area contributed by atoms with Crippen LogP contribution in [0.1, 0.15) is 42.1 Å². The Morgan fingerprint density at radius 1 is 1.24 bits per heavy atom. The van der Waals surface area contributed by atoms with E-state index in [-0.39, 0.29) is 29.9 Å². The molecular weight excluding hydrogens is 483 g/mol. The number of nitrogens with one attached hydrogen (secondary N) is 3. The standard InChI is InChI=1S/C21H34N4O3.HI/c1-3-23-20(26)19-7-4-6-18(14-19)15-25-21(22-2)24-10-5-11-28-16-17-8-12-27-13-9-17;/h4,6-7,14,17H,3,5,8-13,15-16H2,1-2H3,(H,23,26)(H2,22,24,25);1H. The van der Waals surface area contributed by atoms with Gasteiger partial charge in [0.15, 0.2) is 5.96 Å². The van der Waals surface area contributed by atoms with Crippen LogP contribution in [0.2, 0.25) is 0 Å². The molecule has 0 bridgehead atoms. The van der Waals surface area contributed by atoms with Gasteiger partial charge in [0.2, 0.25) is 0 Å². The second kappa shape index (κ2) is 15.4. The Hall–Kier alpha value is -1.39. The third-order valence-electron chi connectivity index (χ3n) is 4.66. The summed E-state index contributed by atoms with van der Waals surface area (Å²) in [6.07, 6.45) is 3.14. The van der Waals surface area contributed by atoms with Gasteiger partial charge in [-0.3, -0.25) is 9.79 Å². The van der Waals surface area contributed by atoms with E-state index < -0.39 is 0 Å². The minimum atomic E-state index is -0.0485. The number of halogens is 1. The maximum absolute atomic E-state index is 11.9. The van der Waals surface area contributed by atoms with Crippen LogP contribution in [0.5, 0.6) is 0 Å². The van der Waals surface area contributed by atoms with Crippen molar-refractivity contribution in [2.45, 2.75) is 32.7 Å². The number of nitrogens with zero attached hydrogens (tertiary/aromatic N) is 1. The number of hydrogen-bond donors (Lipinski definition) is 3. The van der Waals surface area contributed by atoms with Gasteiger partial charge in [0.25, 0.3) is 5.91 Å². The number of guanidine groups is 1. The van der Waals surface area contributed by atoms with E-state index in [1.165, 1.54) is 0 Å². The van der Waals surface area contributed by atoms with Gasteiger partial charge in [0, 0.05) is 58.7 Å². The molecule has 0 radical (unpaired) electrons. The Bertz CT molecular complexity index is 622. The fraction of sp³-hybridized carbons (Fsp3) is 0.619. The molecular formula is C21H35IN4O3. The molecule has 1 aromatic rings. The maximum atomic E-state index is 11.9. The zero-order valence-electron chi connectivity index (χ0n) is 17.5. The molecule has 0 spiro atoms. The van der Waals surface area contributed by atoms with Crippen LogP contribution < -0.4 is 16.0 Å². The van der Waals surface area contributed by atoms with Gasteiger partial charge in [0.05, 0.1) is 0 Å². The number of carbonyl (C=O) groups is 1. The third-order valence-corrected chi connectivity index (χ3v) is 4.66. The molecule has 1 saturated heterocycles. The normalized spacial score (nSPS) is 14.8. The maximum Gasteiger partial charge on any atom is 0.251 e. The van der Waals surface area contributed by atoms with Crippen molar-refractivity contribution in [3.8, 4) is 0 Å². The smallest absolute Gasteiger partial charge is 0.251 e. The highest BCUT2D eigenvalue weighted by atomic mass is 127. The molecule has 0 aliphatic carbocycles. The molecule has 0 aromatic heterocycles. The summed E-state index contributed by atoms with van der Waals surface area (Å²) in [5.41, 5.74) is 1.71. The summed E-state index contributed by atoms with van der Waals surface area (Å²) in [7, 11) is 1.75. The first kappa shape index (κ1) is 25.6. The number of aliphatic imine (C=N–C) groups is 1. The van der Waals surface area contributed by atoms with E-state index in [9.17, 15) is 4.79 Å². The first-order valence-electron chi connectivity index (χ1n) is 10.2. The number of benzene rings is 1. The van der Waals surface area contributed by atoms with Crippen molar-refractivity contribution in [1.82, 2.24) is 16.0 Å². The lowest BCUT2D eigenvalue weighted by atomic mass is 10.0. The van der Waals surface area contributed by atoms with Crippen molar-refractivity contribution in [1.29, 1.82) is 0 Å². The molecule has 1 aromatic carbocycles. The van der Waals surface area contributed by atoms with Crippen molar-refractivity contribution >= 4 is 35.8 Å². The Balaban J connectivity index is 0.00000420. The minimum absolute atomic E-state index is 0. The molecule has 1 aliphatic heterocycles. The van der Waals surface area contributed by atoms with Gasteiger partial charge in [0.1, 0.15) is 0 Å². The summed E-state index contributed by atoms with van der Waals surface area (Å²) >= 11 is 0. The fourth-order valence-corrected chi connectivity index (χ4v) is 3.04. The Kier molecular flexibility index (Phi) is 13.7. The van der Waals surface area contributed by atoms with E-state index in [1.807, 2.05) is 31.2 Å². The van der Waals surface area contributed by atoms with E-state index in [0.717, 1.165) is 63.8 Å². The lowest BCUT2D eigenvalue weighted by Gasteiger charge is -2.21. The van der Waals surface area contributed by atoms with Crippen LogP contribution >= 0.6 is 24.0 Å². The first-order chi connectivity index (χ1) is 13.7. The zero-order chi connectivity index (χ0) is 20.0. The van der Waals surface area contributed by atoms with Crippen LogP contribution in [-0.4, -0.2) is 58.4 Å². The molecule has 2 rings (SSSR count). The lowest BCUT2D eigenvalue weighted by molar-refractivity contribution is 0.0203. The average Bonchev–Trinajstić information content (AvgIpc) is 2.74. The predicted octanol–water partition coefficient (Wildman–Crippen LogP) is 2.55. The molecule has 29 heavy (non-hydrogen) atoms. The lowest BCUT2D eigenvalue weighted by Crippen LogP contribution is -2.37. The molecule has 0 unspecified atom stereocenters. The number of ether oxygens (including phenoxy) is 2. The van der Waals surface area contributed by atoms with Crippen molar-refractivity contribution in [2.24, 2.45) is 10.9 Å². The van der Waals surface area contributed by atoms with Gasteiger partial charge in [-0.15, -0.1) is 24.0 Å². The number of hydrogen-bond acceptors (Lipinski definition) is 4. The Morgan fingerprint density at radius 2 is 2.03 bits per heavy atom. The summed E-state index contributed by atoms with van der Waals surface area (Å²) in [6, 6.07) is 7.61. The molecule has 0 atom stereocenters. The zero-order valence-corrected chi connectivity index (χ0v) is 19.9. The van der Waals surface area contributed by atoms with E-state index in [4.69, 9.17) is 9.47 Å². The largest absolute Gasteiger partial charge is 0.381 e. The Labute approximate surface area is 191 Å². The molecule has 1 heterocycles. The van der Waals surface area contributed by atoms with Crippen LogP contribution in [0.15, 0.2) is 29.3 Å². The van der Waals surface area contributed by atoms with Gasteiger partial charge < -0.3 is 25.4 Å². The molecule has 0 saturated carbocycles. The summed E-state index contributed by atoms with van der Waals surface area (Å²) in [6.45, 7) is 7.24. The van der Waals surface area contributed by atoms with Crippen LogP contribution in [0.25, 0.3) is 0 Å². The van der Waals surface area contributed by atoms with Crippen molar-refractivity contribution in [3.05, 3.63) is 35.4 Å². The van der Waals surface area contributed by atoms with Gasteiger partial charge in [-0.2, -0.15) is 0 Å². The fourth-order valence-electron chi connectivity index (χ4n) is 3.04. The van der Waals surface area contributed by atoms with Crippen LogP contribution in [0.4, 0.5) is 0 Å². The molecule has 3 N–H and O–H groups in total. The SMILES string of the molecule is CCNC(=O)c1cccc(CNC(=NC)NCCCOCC2CCOCC2)c1.I. The van der Waals surface area contributed by atoms with Gasteiger partial charge in [-0.05, 0) is 49.8 Å². The van der Waals surface area contributed by atoms with E-state index in [2.05, 4.69) is 20.9 Å². The van der Waals surface area contributed by atoms with Gasteiger partial charge >= 0.3 is 0 Å². The van der Waals surface area contributed by atoms with Crippen LogP contribution in [0, 0.1) is 5.92 Å². The predicted molar refractivity (Wildman–Crippen MR) is 127 cm³/mol. The molecule has 1 aliphatic rings. The molecule has 1 amide bonds. The highest BCUT2D eigenvalue weighted by Crippen LogP contribution is 2.14. The molecule has 164 valence electrons. The first-order valence-corrected chi connectivity index (χ1v) is 10.2. The molecule has 8 heteroatoms. The minimum Gasteiger partial charge on any atom is -0.381 e. The Morgan fingerprint density at radius 3 is 2.76 bits per heavy atom. The summed E-state index contributed by atoms with van der Waals surface area (Å²) < 4.78 is 11.1. The summed E-state index contributed by atoms with van der Waals surface area (Å²) in [4.78, 5) is 16.2. The van der Waals surface area contributed by atoms with Crippen LogP contribution in [0.3, 0.4) is 0 Å². The second-order valence-corrected chi connectivity index (χ2v) is 6.90. The second-order valence-electron chi connectivity index (χ2n) is 6.90. The van der Waals surface area contributed by atoms with E-state index in [1.54, 1.807) is 7.05 Å². The van der Waals surface area contributed by atoms with Crippen LogP contribution in [-0.2, 0) is 16.0 Å².